The Morgan fingerprint density at radius 1 is 0.907 bits per heavy atom. The number of hydrogen-bond donors (Lipinski definition) is 2. The van der Waals surface area contributed by atoms with Crippen LogP contribution in [-0.2, 0) is 20.7 Å². The summed E-state index contributed by atoms with van der Waals surface area (Å²) in [6.45, 7) is 6.16. The number of nitrogens with one attached hydrogen (secondary N) is 2. The van der Waals surface area contributed by atoms with Crippen molar-refractivity contribution in [3.05, 3.63) is 82.9 Å². The predicted octanol–water partition coefficient (Wildman–Crippen LogP) is 3.88. The van der Waals surface area contributed by atoms with E-state index in [-0.39, 0.29) is 18.4 Å². The number of benzene rings is 3. The number of anilines is 2. The molecule has 0 unspecified atom stereocenters. The molecule has 43 heavy (non-hydrogen) atoms. The zero-order valence-corrected chi connectivity index (χ0v) is 24.3. The lowest BCUT2D eigenvalue weighted by Gasteiger charge is -2.32. The Bertz CT molecular complexity index is 1590. The molecule has 0 bridgehead atoms. The van der Waals surface area contributed by atoms with Crippen molar-refractivity contribution in [1.82, 2.24) is 9.80 Å². The van der Waals surface area contributed by atoms with Gasteiger partial charge in [-0.3, -0.25) is 9.59 Å². The molecule has 1 saturated heterocycles. The summed E-state index contributed by atoms with van der Waals surface area (Å²) in [4.78, 5) is 42.8. The van der Waals surface area contributed by atoms with Crippen LogP contribution in [0.2, 0.25) is 0 Å². The monoisotopic (exact) mass is 582 g/mol. The minimum Gasteiger partial charge on any atom is -0.486 e. The Kier molecular flexibility index (Phi) is 8.02. The molecule has 1 fully saturated rings. The van der Waals surface area contributed by atoms with Crippen molar-refractivity contribution in [2.75, 3.05) is 63.7 Å². The number of amides is 2. The third-order valence-corrected chi connectivity index (χ3v) is 7.79. The first-order valence-corrected chi connectivity index (χ1v) is 14.5. The van der Waals surface area contributed by atoms with Gasteiger partial charge in [0.2, 0.25) is 5.91 Å². The third-order valence-electron chi connectivity index (χ3n) is 7.79. The Morgan fingerprint density at radius 3 is 2.37 bits per heavy atom. The minimum absolute atomic E-state index is 0.120. The quantitative estimate of drug-likeness (QED) is 0.319. The second-order valence-corrected chi connectivity index (χ2v) is 10.7. The van der Waals surface area contributed by atoms with E-state index in [9.17, 15) is 14.4 Å². The highest BCUT2D eigenvalue weighted by Gasteiger charge is 2.30. The van der Waals surface area contributed by atoms with Crippen molar-refractivity contribution in [3.63, 3.8) is 0 Å². The Morgan fingerprint density at radius 2 is 1.63 bits per heavy atom. The summed E-state index contributed by atoms with van der Waals surface area (Å²) in [6.07, 6.45) is 0.332. The number of esters is 1. The molecule has 0 radical (unpaired) electrons. The van der Waals surface area contributed by atoms with Gasteiger partial charge in [-0.2, -0.15) is 0 Å². The largest absolute Gasteiger partial charge is 0.486 e. The molecule has 10 heteroatoms. The normalized spacial score (nSPS) is 17.2. The van der Waals surface area contributed by atoms with Gasteiger partial charge >= 0.3 is 5.97 Å². The third kappa shape index (κ3) is 6.05. The van der Waals surface area contributed by atoms with E-state index in [0.717, 1.165) is 43.0 Å². The maximum Gasteiger partial charge on any atom is 0.338 e. The number of rotatable bonds is 7. The average Bonchev–Trinajstić information content (AvgIpc) is 3.35. The molecule has 0 atom stereocenters. The minimum atomic E-state index is -0.451. The van der Waals surface area contributed by atoms with E-state index < -0.39 is 5.97 Å². The standard InChI is InChI=1S/C33H34N4O6/c1-3-41-33(40)23-6-10-25-26(19-23)35-32(39)30(25)31(22-7-11-27-28(20-22)43-17-16-42-27)34-24-8-4-21(5-9-24)18-29(38)37-14-12-36(2)13-15-37/h4-11,19-20,34H,3,12-18H2,1-2H3,(H,35,39)/b31-30-. The van der Waals surface area contributed by atoms with Crippen LogP contribution in [0.25, 0.3) is 11.3 Å². The van der Waals surface area contributed by atoms with Gasteiger partial charge in [0.1, 0.15) is 13.2 Å². The Balaban J connectivity index is 1.32. The van der Waals surface area contributed by atoms with Crippen molar-refractivity contribution in [3.8, 4) is 11.5 Å². The molecule has 3 aliphatic heterocycles. The highest BCUT2D eigenvalue weighted by Crippen LogP contribution is 2.40. The fourth-order valence-electron chi connectivity index (χ4n) is 5.43. The van der Waals surface area contributed by atoms with Crippen LogP contribution < -0.4 is 20.1 Å². The number of nitrogens with zero attached hydrogens (tertiary/aromatic N) is 2. The van der Waals surface area contributed by atoms with Gasteiger partial charge < -0.3 is 34.6 Å². The van der Waals surface area contributed by atoms with Crippen LogP contribution in [0.5, 0.6) is 11.5 Å². The fraction of sp³-hybridized carbons (Fsp3) is 0.303. The van der Waals surface area contributed by atoms with Gasteiger partial charge in [0, 0.05) is 43.0 Å². The molecule has 3 aromatic rings. The lowest BCUT2D eigenvalue weighted by molar-refractivity contribution is -0.132. The Labute approximate surface area is 250 Å². The topological polar surface area (TPSA) is 109 Å². The van der Waals surface area contributed by atoms with Crippen LogP contribution >= 0.6 is 0 Å². The number of ether oxygens (including phenoxy) is 3. The summed E-state index contributed by atoms with van der Waals surface area (Å²) in [7, 11) is 2.07. The van der Waals surface area contributed by atoms with Crippen LogP contribution in [0.4, 0.5) is 11.4 Å². The van der Waals surface area contributed by atoms with Crippen LogP contribution in [-0.4, -0.2) is 80.6 Å². The van der Waals surface area contributed by atoms with E-state index >= 15 is 0 Å². The molecule has 0 aromatic heterocycles. The molecular weight excluding hydrogens is 548 g/mol. The van der Waals surface area contributed by atoms with E-state index in [2.05, 4.69) is 22.6 Å². The average molecular weight is 583 g/mol. The number of carbonyl (C=O) groups excluding carboxylic acids is 3. The maximum atomic E-state index is 13.5. The SMILES string of the molecule is CCOC(=O)c1ccc2c(c1)NC(=O)/C2=C(\Nc1ccc(CC(=O)N2CCN(C)CC2)cc1)c1ccc2c(c1)OCCO2. The highest BCUT2D eigenvalue weighted by molar-refractivity contribution is 6.37. The molecule has 2 N–H and O–H groups in total. The number of hydrogen-bond acceptors (Lipinski definition) is 8. The molecule has 3 aliphatic rings. The van der Waals surface area contributed by atoms with Gasteiger partial charge in [-0.15, -0.1) is 0 Å². The van der Waals surface area contributed by atoms with Crippen LogP contribution in [0, 0.1) is 0 Å². The maximum absolute atomic E-state index is 13.5. The molecule has 3 heterocycles. The second-order valence-electron chi connectivity index (χ2n) is 10.7. The van der Waals surface area contributed by atoms with Gasteiger partial charge in [-0.05, 0) is 62.0 Å². The van der Waals surface area contributed by atoms with Crippen molar-refractivity contribution in [2.45, 2.75) is 13.3 Å². The van der Waals surface area contributed by atoms with E-state index in [1.165, 1.54) is 0 Å². The molecule has 3 aromatic carbocycles. The lowest BCUT2D eigenvalue weighted by Crippen LogP contribution is -2.47. The van der Waals surface area contributed by atoms with Gasteiger partial charge in [-0.1, -0.05) is 18.2 Å². The molecule has 6 rings (SSSR count). The van der Waals surface area contributed by atoms with Crippen LogP contribution in [0.1, 0.15) is 34.0 Å². The van der Waals surface area contributed by atoms with Crippen molar-refractivity contribution >= 4 is 40.4 Å². The lowest BCUT2D eigenvalue weighted by atomic mass is 9.98. The number of fused-ring (bicyclic) bond motifs is 2. The summed E-state index contributed by atoms with van der Waals surface area (Å²) in [5.41, 5.74) is 4.93. The highest BCUT2D eigenvalue weighted by atomic mass is 16.6. The molecular formula is C33H34N4O6. The van der Waals surface area contributed by atoms with Crippen molar-refractivity contribution in [2.24, 2.45) is 0 Å². The molecule has 0 saturated carbocycles. The van der Waals surface area contributed by atoms with E-state index in [1.54, 1.807) is 25.1 Å². The van der Waals surface area contributed by atoms with Gasteiger partial charge in [0.15, 0.2) is 11.5 Å². The van der Waals surface area contributed by atoms with Crippen LogP contribution in [0.3, 0.4) is 0 Å². The number of likely N-dealkylation sites (N-methyl/N-ethyl adjacent to an activating group) is 1. The summed E-state index contributed by atoms with van der Waals surface area (Å²) >= 11 is 0. The molecule has 0 aliphatic carbocycles. The van der Waals surface area contributed by atoms with Gasteiger partial charge in [0.05, 0.1) is 35.5 Å². The Hall–Kier alpha value is -4.83. The first-order chi connectivity index (χ1) is 20.9. The van der Waals surface area contributed by atoms with E-state index in [0.29, 0.717) is 59.2 Å². The molecule has 10 nitrogen and oxygen atoms in total. The second kappa shape index (κ2) is 12.2. The molecule has 222 valence electrons. The van der Waals surface area contributed by atoms with Crippen molar-refractivity contribution in [1.29, 1.82) is 0 Å². The first kappa shape index (κ1) is 28.3. The van der Waals surface area contributed by atoms with E-state index in [1.807, 2.05) is 47.4 Å². The summed E-state index contributed by atoms with van der Waals surface area (Å²) < 4.78 is 16.7. The molecule has 2 amide bonds. The molecule has 0 spiro atoms. The fourth-order valence-corrected chi connectivity index (χ4v) is 5.43. The van der Waals surface area contributed by atoms with Crippen molar-refractivity contribution < 1.29 is 28.6 Å². The zero-order chi connectivity index (χ0) is 29.9. The van der Waals surface area contributed by atoms with Gasteiger partial charge in [0.25, 0.3) is 5.91 Å². The summed E-state index contributed by atoms with van der Waals surface area (Å²) in [5, 5.41) is 6.35. The number of carbonyl (C=O) groups is 3. The number of piperazine rings is 1. The smallest absolute Gasteiger partial charge is 0.338 e. The van der Waals surface area contributed by atoms with E-state index in [4.69, 9.17) is 14.2 Å². The summed E-state index contributed by atoms with van der Waals surface area (Å²) in [5.74, 6) is 0.604. The zero-order valence-electron chi connectivity index (χ0n) is 24.3. The summed E-state index contributed by atoms with van der Waals surface area (Å²) in [6, 6.07) is 18.3. The van der Waals surface area contributed by atoms with Gasteiger partial charge in [-0.25, -0.2) is 4.79 Å². The first-order valence-electron chi connectivity index (χ1n) is 14.5. The predicted molar refractivity (Wildman–Crippen MR) is 163 cm³/mol. The van der Waals surface area contributed by atoms with Crippen LogP contribution in [0.15, 0.2) is 60.7 Å².